The SMILES string of the molecule is CN(C)C(=O)OC1=C(c2cccc3ccccc23)Oc2ccccc2-n2cccc21. The first-order valence-corrected chi connectivity index (χ1v) is 9.70. The molecule has 0 bridgehead atoms. The number of amides is 1. The summed E-state index contributed by atoms with van der Waals surface area (Å²) in [5.74, 6) is 1.58. The highest BCUT2D eigenvalue weighted by Crippen LogP contribution is 2.40. The Bertz CT molecular complexity index is 1300. The van der Waals surface area contributed by atoms with Gasteiger partial charge in [0.2, 0.25) is 0 Å². The van der Waals surface area contributed by atoms with E-state index in [4.69, 9.17) is 9.47 Å². The number of carbonyl (C=O) groups is 1. The molecule has 5 heteroatoms. The Hall–Kier alpha value is -3.99. The van der Waals surface area contributed by atoms with E-state index in [0.29, 0.717) is 17.3 Å². The average Bonchev–Trinajstić information content (AvgIpc) is 3.21. The van der Waals surface area contributed by atoms with Crippen molar-refractivity contribution in [2.75, 3.05) is 14.1 Å². The molecule has 5 rings (SSSR count). The van der Waals surface area contributed by atoms with Gasteiger partial charge in [0.1, 0.15) is 0 Å². The van der Waals surface area contributed by atoms with Crippen LogP contribution in [-0.2, 0) is 4.74 Å². The second-order valence-corrected chi connectivity index (χ2v) is 7.28. The van der Waals surface area contributed by atoms with Crippen LogP contribution in [-0.4, -0.2) is 29.7 Å². The van der Waals surface area contributed by atoms with E-state index in [1.165, 1.54) is 4.90 Å². The van der Waals surface area contributed by atoms with Gasteiger partial charge in [0.15, 0.2) is 17.3 Å². The molecule has 0 N–H and O–H groups in total. The summed E-state index contributed by atoms with van der Waals surface area (Å²) in [4.78, 5) is 14.0. The summed E-state index contributed by atoms with van der Waals surface area (Å²) in [5, 5.41) is 2.10. The lowest BCUT2D eigenvalue weighted by molar-refractivity contribution is 0.162. The smallest absolute Gasteiger partial charge is 0.414 e. The highest BCUT2D eigenvalue weighted by molar-refractivity contribution is 6.00. The topological polar surface area (TPSA) is 43.7 Å². The molecule has 0 radical (unpaired) electrons. The fourth-order valence-corrected chi connectivity index (χ4v) is 3.67. The molecular weight excluding hydrogens is 376 g/mol. The Balaban J connectivity index is 1.83. The first-order chi connectivity index (χ1) is 14.6. The summed E-state index contributed by atoms with van der Waals surface area (Å²) in [5.41, 5.74) is 2.49. The molecule has 3 aromatic carbocycles. The van der Waals surface area contributed by atoms with E-state index in [1.807, 2.05) is 77.5 Å². The number of fused-ring (bicyclic) bond motifs is 4. The minimum Gasteiger partial charge on any atom is -0.450 e. The van der Waals surface area contributed by atoms with E-state index < -0.39 is 6.09 Å². The van der Waals surface area contributed by atoms with E-state index in [-0.39, 0.29) is 0 Å². The zero-order valence-electron chi connectivity index (χ0n) is 16.7. The van der Waals surface area contributed by atoms with Crippen LogP contribution in [0.5, 0.6) is 5.75 Å². The number of carbonyl (C=O) groups excluding carboxylic acids is 1. The number of hydrogen-bond donors (Lipinski definition) is 0. The summed E-state index contributed by atoms with van der Waals surface area (Å²) < 4.78 is 14.3. The van der Waals surface area contributed by atoms with Gasteiger partial charge in [-0.05, 0) is 35.0 Å². The maximum absolute atomic E-state index is 12.6. The number of rotatable bonds is 2. The van der Waals surface area contributed by atoms with Crippen LogP contribution in [0.2, 0.25) is 0 Å². The van der Waals surface area contributed by atoms with Gasteiger partial charge in [0, 0.05) is 25.9 Å². The van der Waals surface area contributed by atoms with Crippen molar-refractivity contribution in [1.29, 1.82) is 0 Å². The fraction of sp³-hybridized carbons (Fsp3) is 0.0800. The fourth-order valence-electron chi connectivity index (χ4n) is 3.67. The molecule has 0 saturated heterocycles. The number of aromatic nitrogens is 1. The van der Waals surface area contributed by atoms with Crippen LogP contribution in [0, 0.1) is 0 Å². The number of benzene rings is 3. The average molecular weight is 396 g/mol. The minimum absolute atomic E-state index is 0.381. The predicted molar refractivity (Wildman–Crippen MR) is 117 cm³/mol. The number of ether oxygens (including phenoxy) is 2. The first-order valence-electron chi connectivity index (χ1n) is 9.70. The molecule has 1 amide bonds. The zero-order valence-corrected chi connectivity index (χ0v) is 16.7. The van der Waals surface area contributed by atoms with Gasteiger partial charge in [0.05, 0.1) is 11.4 Å². The molecule has 1 aliphatic heterocycles. The van der Waals surface area contributed by atoms with Crippen LogP contribution in [0.4, 0.5) is 4.79 Å². The summed E-state index contributed by atoms with van der Waals surface area (Å²) in [6.07, 6.45) is 1.47. The molecule has 0 atom stereocenters. The Kier molecular flexibility index (Phi) is 4.29. The molecule has 0 saturated carbocycles. The van der Waals surface area contributed by atoms with E-state index >= 15 is 0 Å². The van der Waals surface area contributed by atoms with E-state index in [2.05, 4.69) is 12.1 Å². The Morgan fingerprint density at radius 2 is 1.67 bits per heavy atom. The van der Waals surface area contributed by atoms with Crippen molar-refractivity contribution in [3.8, 4) is 11.4 Å². The molecule has 2 heterocycles. The molecule has 5 nitrogen and oxygen atoms in total. The largest absolute Gasteiger partial charge is 0.450 e. The monoisotopic (exact) mass is 396 g/mol. The Morgan fingerprint density at radius 1 is 0.900 bits per heavy atom. The molecule has 0 spiro atoms. The van der Waals surface area contributed by atoms with Crippen LogP contribution in [0.1, 0.15) is 11.3 Å². The number of hydrogen-bond acceptors (Lipinski definition) is 3. The Labute approximate surface area is 174 Å². The Morgan fingerprint density at radius 3 is 2.53 bits per heavy atom. The molecule has 0 aliphatic carbocycles. The lowest BCUT2D eigenvalue weighted by Crippen LogP contribution is -2.23. The van der Waals surface area contributed by atoms with Gasteiger partial charge in [-0.1, -0.05) is 54.6 Å². The van der Waals surface area contributed by atoms with Crippen molar-refractivity contribution in [3.63, 3.8) is 0 Å². The van der Waals surface area contributed by atoms with Crippen LogP contribution >= 0.6 is 0 Å². The van der Waals surface area contributed by atoms with Gasteiger partial charge < -0.3 is 18.9 Å². The third-order valence-electron chi connectivity index (χ3n) is 5.11. The highest BCUT2D eigenvalue weighted by Gasteiger charge is 2.28. The maximum Gasteiger partial charge on any atom is 0.414 e. The van der Waals surface area contributed by atoms with Gasteiger partial charge in [-0.2, -0.15) is 0 Å². The predicted octanol–water partition coefficient (Wildman–Crippen LogP) is 5.55. The summed E-state index contributed by atoms with van der Waals surface area (Å²) in [6.45, 7) is 0. The quantitative estimate of drug-likeness (QED) is 0.446. The molecule has 0 fully saturated rings. The molecule has 30 heavy (non-hydrogen) atoms. The maximum atomic E-state index is 12.6. The van der Waals surface area contributed by atoms with E-state index in [0.717, 1.165) is 27.7 Å². The summed E-state index contributed by atoms with van der Waals surface area (Å²) in [6, 6.07) is 25.8. The lowest BCUT2D eigenvalue weighted by Gasteiger charge is -2.17. The normalized spacial score (nSPS) is 12.6. The van der Waals surface area contributed by atoms with Gasteiger partial charge in [-0.15, -0.1) is 0 Å². The molecule has 4 aromatic rings. The third-order valence-corrected chi connectivity index (χ3v) is 5.11. The van der Waals surface area contributed by atoms with Crippen molar-refractivity contribution in [1.82, 2.24) is 9.47 Å². The second-order valence-electron chi connectivity index (χ2n) is 7.28. The highest BCUT2D eigenvalue weighted by atomic mass is 16.6. The van der Waals surface area contributed by atoms with Gasteiger partial charge in [-0.3, -0.25) is 0 Å². The van der Waals surface area contributed by atoms with E-state index in [9.17, 15) is 4.79 Å². The van der Waals surface area contributed by atoms with Gasteiger partial charge in [-0.25, -0.2) is 4.79 Å². The van der Waals surface area contributed by atoms with Crippen molar-refractivity contribution in [2.24, 2.45) is 0 Å². The molecule has 0 unspecified atom stereocenters. The van der Waals surface area contributed by atoms with Gasteiger partial charge >= 0.3 is 6.09 Å². The molecule has 1 aromatic heterocycles. The molecular formula is C25H20N2O3. The third kappa shape index (κ3) is 2.92. The number of nitrogens with zero attached hydrogens (tertiary/aromatic N) is 2. The van der Waals surface area contributed by atoms with Crippen molar-refractivity contribution >= 4 is 28.4 Å². The molecule has 1 aliphatic rings. The van der Waals surface area contributed by atoms with Crippen molar-refractivity contribution in [2.45, 2.75) is 0 Å². The van der Waals surface area contributed by atoms with Gasteiger partial charge in [0.25, 0.3) is 0 Å². The lowest BCUT2D eigenvalue weighted by atomic mass is 10.0. The number of para-hydroxylation sites is 2. The summed E-state index contributed by atoms with van der Waals surface area (Å²) in [7, 11) is 3.32. The second kappa shape index (κ2) is 7.12. The first kappa shape index (κ1) is 18.1. The zero-order chi connectivity index (χ0) is 20.7. The van der Waals surface area contributed by atoms with Crippen molar-refractivity contribution in [3.05, 3.63) is 96.3 Å². The standard InChI is InChI=1S/C25H20N2O3/c1-26(2)25(28)30-24-21-14-8-16-27(21)20-13-5-6-15-22(20)29-23(24)19-12-7-10-17-9-3-4-11-18(17)19/h3-16H,1-2H3. The van der Waals surface area contributed by atoms with Crippen LogP contribution in [0.3, 0.4) is 0 Å². The minimum atomic E-state index is -0.468. The van der Waals surface area contributed by atoms with Crippen LogP contribution < -0.4 is 4.74 Å². The summed E-state index contributed by atoms with van der Waals surface area (Å²) >= 11 is 0. The molecule has 148 valence electrons. The van der Waals surface area contributed by atoms with Crippen LogP contribution in [0.15, 0.2) is 85.1 Å². The van der Waals surface area contributed by atoms with E-state index in [1.54, 1.807) is 14.1 Å². The van der Waals surface area contributed by atoms with Crippen LogP contribution in [0.25, 0.3) is 28.0 Å². The van der Waals surface area contributed by atoms with Crippen molar-refractivity contribution < 1.29 is 14.3 Å².